The molecule has 0 spiro atoms. The third-order valence-corrected chi connectivity index (χ3v) is 9.85. The topological polar surface area (TPSA) is 76.6 Å². The van der Waals surface area contributed by atoms with Crippen LogP contribution in [0.4, 0.5) is 22.7 Å². The van der Waals surface area contributed by atoms with Gasteiger partial charge < -0.3 is 29.4 Å². The van der Waals surface area contributed by atoms with Crippen LogP contribution < -0.4 is 24.3 Å². The van der Waals surface area contributed by atoms with E-state index in [-0.39, 0.29) is 27.6 Å². The fourth-order valence-electron chi connectivity index (χ4n) is 5.99. The van der Waals surface area contributed by atoms with E-state index in [2.05, 4.69) is 9.80 Å². The minimum absolute atomic E-state index is 0.0678. The molecular weight excluding hydrogens is 730 g/mol. The van der Waals surface area contributed by atoms with E-state index in [1.54, 1.807) is 21.9 Å². The van der Waals surface area contributed by atoms with E-state index in [1.807, 2.05) is 93.0 Å². The van der Waals surface area contributed by atoms with E-state index >= 15 is 0 Å². The number of halogens is 4. The molecule has 0 saturated carbocycles. The van der Waals surface area contributed by atoms with Crippen molar-refractivity contribution in [3.05, 3.63) is 140 Å². The number of phenols is 1. The molecule has 2 aliphatic heterocycles. The molecule has 5 aromatic rings. The van der Waals surface area contributed by atoms with Crippen molar-refractivity contribution in [1.82, 2.24) is 0 Å². The molecule has 0 aliphatic carbocycles. The molecule has 0 aromatic heterocycles. The minimum atomic E-state index is -0.210. The molecule has 8 nitrogen and oxygen atoms in total. The average molecular weight is 765 g/mol. The van der Waals surface area contributed by atoms with Gasteiger partial charge in [-0.15, -0.1) is 0 Å². The van der Waals surface area contributed by atoms with Gasteiger partial charge in [-0.3, -0.25) is 9.59 Å². The summed E-state index contributed by atoms with van der Waals surface area (Å²) in [6, 6.07) is 31.5. The molecular formula is C39H34Cl4N4O4. The van der Waals surface area contributed by atoms with E-state index in [0.29, 0.717) is 46.6 Å². The van der Waals surface area contributed by atoms with Gasteiger partial charge in [0.25, 0.3) is 11.8 Å². The van der Waals surface area contributed by atoms with Crippen LogP contribution in [-0.4, -0.2) is 57.2 Å². The normalized spacial score (nSPS) is 13.5. The van der Waals surface area contributed by atoms with Gasteiger partial charge in [0.15, 0.2) is 11.5 Å². The van der Waals surface area contributed by atoms with Crippen LogP contribution in [0.2, 0.25) is 20.1 Å². The van der Waals surface area contributed by atoms with Crippen LogP contribution in [0.25, 0.3) is 0 Å². The number of anilines is 4. The maximum Gasteiger partial charge on any atom is 0.258 e. The minimum Gasteiger partial charge on any atom is -0.505 e. The number of hydrogen-bond acceptors (Lipinski definition) is 6. The van der Waals surface area contributed by atoms with E-state index < -0.39 is 0 Å². The standard InChI is InChI=1S/C23H20Cl2N2O2.C16H14Cl2N2O2/c1-26-11-12-27(21-10-6-5-9-20(21)26)23(28)17-13-18(24)22(19(25)14-17)29-15-16-7-3-2-4-8-16;1-19-6-7-20(14-5-3-2-4-13(14)19)16(22)10-8-11(17)15(21)12(18)9-10/h2-10,13-14H,11-12,15H2,1H3;2-5,8-9,21H,6-7H2,1H3. The van der Waals surface area contributed by atoms with Crippen molar-refractivity contribution >= 4 is 81.0 Å². The Morgan fingerprint density at radius 1 is 0.588 bits per heavy atom. The highest BCUT2D eigenvalue weighted by Crippen LogP contribution is 2.38. The third kappa shape index (κ3) is 7.85. The quantitative estimate of drug-likeness (QED) is 0.192. The predicted molar refractivity (Wildman–Crippen MR) is 208 cm³/mol. The number of phenolic OH excluding ortho intramolecular Hbond substituents is 1. The second-order valence-electron chi connectivity index (χ2n) is 12.1. The number of benzene rings is 5. The van der Waals surface area contributed by atoms with Crippen LogP contribution in [0.3, 0.4) is 0 Å². The lowest BCUT2D eigenvalue weighted by Gasteiger charge is -2.35. The number of likely N-dealkylation sites (N-methyl/N-ethyl adjacent to an activating group) is 2. The number of carbonyl (C=O) groups is 2. The second kappa shape index (κ2) is 15.7. The number of ether oxygens (including phenoxy) is 1. The molecule has 2 aliphatic rings. The van der Waals surface area contributed by atoms with Crippen LogP contribution in [0, 0.1) is 0 Å². The molecule has 0 unspecified atom stereocenters. The molecule has 0 saturated heterocycles. The predicted octanol–water partition coefficient (Wildman–Crippen LogP) is 9.46. The fraction of sp³-hybridized carbons (Fsp3) is 0.179. The van der Waals surface area contributed by atoms with Crippen molar-refractivity contribution in [2.45, 2.75) is 6.61 Å². The maximum atomic E-state index is 13.2. The molecule has 2 heterocycles. The molecule has 0 bridgehead atoms. The summed E-state index contributed by atoms with van der Waals surface area (Å²) in [7, 11) is 4.02. The van der Waals surface area contributed by atoms with Crippen LogP contribution in [-0.2, 0) is 6.61 Å². The monoisotopic (exact) mass is 762 g/mol. The summed E-state index contributed by atoms with van der Waals surface area (Å²) < 4.78 is 5.81. The number of para-hydroxylation sites is 4. The molecule has 1 N–H and O–H groups in total. The molecule has 12 heteroatoms. The van der Waals surface area contributed by atoms with E-state index in [0.717, 1.165) is 41.4 Å². The van der Waals surface area contributed by atoms with Crippen molar-refractivity contribution in [2.75, 3.05) is 59.9 Å². The Balaban J connectivity index is 0.000000183. The van der Waals surface area contributed by atoms with Crippen molar-refractivity contribution in [2.24, 2.45) is 0 Å². The van der Waals surface area contributed by atoms with Crippen LogP contribution in [0.1, 0.15) is 26.3 Å². The van der Waals surface area contributed by atoms with Crippen molar-refractivity contribution in [3.63, 3.8) is 0 Å². The zero-order valence-electron chi connectivity index (χ0n) is 27.8. The van der Waals surface area contributed by atoms with Crippen molar-refractivity contribution in [3.8, 4) is 11.5 Å². The first kappa shape index (κ1) is 36.2. The molecule has 2 amide bonds. The van der Waals surface area contributed by atoms with Crippen molar-refractivity contribution in [1.29, 1.82) is 0 Å². The average Bonchev–Trinajstić information content (AvgIpc) is 3.14. The Bertz CT molecular complexity index is 2030. The largest absolute Gasteiger partial charge is 0.505 e. The van der Waals surface area contributed by atoms with E-state index in [9.17, 15) is 14.7 Å². The SMILES string of the molecule is CN1CCN(C(=O)c2cc(Cl)c(O)c(Cl)c2)c2ccccc21.CN1CCN(C(=O)c2cc(Cl)c(OCc3ccccc3)c(Cl)c2)c2ccccc21. The first-order valence-corrected chi connectivity index (χ1v) is 17.6. The summed E-state index contributed by atoms with van der Waals surface area (Å²) in [5, 5.41) is 10.4. The van der Waals surface area contributed by atoms with Gasteiger partial charge in [-0.1, -0.05) is 101 Å². The number of rotatable bonds is 5. The Labute approximate surface area is 316 Å². The Morgan fingerprint density at radius 3 is 1.43 bits per heavy atom. The molecule has 262 valence electrons. The van der Waals surface area contributed by atoms with Gasteiger partial charge >= 0.3 is 0 Å². The fourth-order valence-corrected chi connectivity index (χ4v) is 7.07. The van der Waals surface area contributed by atoms with E-state index in [4.69, 9.17) is 51.1 Å². The highest BCUT2D eigenvalue weighted by atomic mass is 35.5. The van der Waals surface area contributed by atoms with Gasteiger partial charge in [-0.05, 0) is 54.1 Å². The molecule has 51 heavy (non-hydrogen) atoms. The lowest BCUT2D eigenvalue weighted by molar-refractivity contribution is 0.0979. The van der Waals surface area contributed by atoms with Crippen molar-refractivity contribution < 1.29 is 19.4 Å². The number of aromatic hydroxyl groups is 1. The smallest absolute Gasteiger partial charge is 0.258 e. The van der Waals surface area contributed by atoms with Gasteiger partial charge in [-0.25, -0.2) is 0 Å². The Kier molecular flexibility index (Phi) is 11.2. The van der Waals surface area contributed by atoms with Gasteiger partial charge in [-0.2, -0.15) is 0 Å². The van der Waals surface area contributed by atoms with Gasteiger partial charge in [0.05, 0.1) is 42.8 Å². The molecule has 0 fully saturated rings. The third-order valence-electron chi connectivity index (χ3n) is 8.71. The number of fused-ring (bicyclic) bond motifs is 2. The number of nitrogens with zero attached hydrogens (tertiary/aromatic N) is 4. The highest BCUT2D eigenvalue weighted by molar-refractivity contribution is 6.38. The molecule has 5 aromatic carbocycles. The molecule has 0 atom stereocenters. The van der Waals surface area contributed by atoms with Crippen LogP contribution in [0.15, 0.2) is 103 Å². The lowest BCUT2D eigenvalue weighted by atomic mass is 10.1. The molecule has 0 radical (unpaired) electrons. The zero-order valence-corrected chi connectivity index (χ0v) is 30.8. The summed E-state index contributed by atoms with van der Waals surface area (Å²) in [6.07, 6.45) is 0. The van der Waals surface area contributed by atoms with Gasteiger partial charge in [0.2, 0.25) is 0 Å². The number of amides is 2. The summed E-state index contributed by atoms with van der Waals surface area (Å²) in [4.78, 5) is 33.7. The first-order valence-electron chi connectivity index (χ1n) is 16.1. The summed E-state index contributed by atoms with van der Waals surface area (Å²) in [5.41, 5.74) is 5.54. The van der Waals surface area contributed by atoms with E-state index in [1.165, 1.54) is 12.1 Å². The van der Waals surface area contributed by atoms with Gasteiger partial charge in [0.1, 0.15) is 6.61 Å². The number of hydrogen-bond donors (Lipinski definition) is 1. The van der Waals surface area contributed by atoms with Crippen LogP contribution in [0.5, 0.6) is 11.5 Å². The maximum absolute atomic E-state index is 13.2. The Hall–Kier alpha value is -4.60. The second-order valence-corrected chi connectivity index (χ2v) is 13.7. The number of carbonyl (C=O) groups excluding carboxylic acids is 2. The lowest BCUT2D eigenvalue weighted by Crippen LogP contribution is -2.42. The first-order chi connectivity index (χ1) is 24.5. The Morgan fingerprint density at radius 2 is 0.980 bits per heavy atom. The van der Waals surface area contributed by atoms with Gasteiger partial charge in [0, 0.05) is 51.4 Å². The summed E-state index contributed by atoms with van der Waals surface area (Å²) in [6.45, 7) is 3.00. The molecule has 7 rings (SSSR count). The summed E-state index contributed by atoms with van der Waals surface area (Å²) >= 11 is 24.7. The summed E-state index contributed by atoms with van der Waals surface area (Å²) in [5.74, 6) is -0.153. The zero-order chi connectivity index (χ0) is 36.2. The highest BCUT2D eigenvalue weighted by Gasteiger charge is 2.28. The van der Waals surface area contributed by atoms with Crippen LogP contribution >= 0.6 is 46.4 Å².